The van der Waals surface area contributed by atoms with Gasteiger partial charge in [0.15, 0.2) is 11.6 Å². The number of hydrogen-bond acceptors (Lipinski definition) is 6. The Bertz CT molecular complexity index is 1060. The van der Waals surface area contributed by atoms with Crippen LogP contribution in [0.1, 0.15) is 36.8 Å². The lowest BCUT2D eigenvalue weighted by molar-refractivity contribution is 0.276. The molecule has 1 aromatic heterocycles. The summed E-state index contributed by atoms with van der Waals surface area (Å²) >= 11 is 1.68. The maximum atomic E-state index is 13.8. The highest BCUT2D eigenvalue weighted by Crippen LogP contribution is 2.34. The molecule has 0 spiro atoms. The van der Waals surface area contributed by atoms with Crippen molar-refractivity contribution in [2.75, 3.05) is 26.9 Å². The van der Waals surface area contributed by atoms with Gasteiger partial charge in [0.05, 0.1) is 13.7 Å². The molecule has 0 saturated heterocycles. The molecule has 0 bridgehead atoms. The van der Waals surface area contributed by atoms with Gasteiger partial charge in [0, 0.05) is 21.6 Å². The van der Waals surface area contributed by atoms with Crippen LogP contribution >= 0.6 is 19.6 Å². The van der Waals surface area contributed by atoms with Crippen LogP contribution in [0.5, 0.6) is 11.5 Å². The minimum Gasteiger partial charge on any atom is -0.494 e. The van der Waals surface area contributed by atoms with Gasteiger partial charge in [0.2, 0.25) is 0 Å². The number of thiophene rings is 1. The lowest BCUT2D eigenvalue weighted by Gasteiger charge is -2.13. The van der Waals surface area contributed by atoms with Gasteiger partial charge in [-0.25, -0.2) is 4.39 Å². The largest absolute Gasteiger partial charge is 0.694 e. The van der Waals surface area contributed by atoms with E-state index in [0.717, 1.165) is 53.0 Å². The number of ether oxygens (including phenoxy) is 2. The Morgan fingerprint density at radius 2 is 1.83 bits per heavy atom. The van der Waals surface area contributed by atoms with Gasteiger partial charge in [-0.15, -0.1) is 20.8 Å². The van der Waals surface area contributed by atoms with E-state index in [0.29, 0.717) is 26.1 Å². The Balaban J connectivity index is 1.45. The lowest BCUT2D eigenvalue weighted by Crippen LogP contribution is -2.16. The number of methoxy groups -OCH3 is 1. The van der Waals surface area contributed by atoms with E-state index < -0.39 is 8.25 Å². The van der Waals surface area contributed by atoms with Gasteiger partial charge in [0.25, 0.3) is 0 Å². The fourth-order valence-electron chi connectivity index (χ4n) is 3.67. The first kappa shape index (κ1) is 27.2. The van der Waals surface area contributed by atoms with Crippen LogP contribution in [0.15, 0.2) is 53.9 Å². The van der Waals surface area contributed by atoms with Crippen molar-refractivity contribution in [3.8, 4) is 21.9 Å². The lowest BCUT2D eigenvalue weighted by atomic mass is 10.1. The molecule has 6 nitrogen and oxygen atoms in total. The number of unbranched alkanes of at least 4 members (excludes halogenated alkanes) is 2. The predicted octanol–water partition coefficient (Wildman–Crippen LogP) is 6.50. The summed E-state index contributed by atoms with van der Waals surface area (Å²) < 4.78 is 40.1. The second-order valence-corrected chi connectivity index (χ2v) is 9.72. The summed E-state index contributed by atoms with van der Waals surface area (Å²) in [6, 6.07) is 15.5. The van der Waals surface area contributed by atoms with E-state index in [-0.39, 0.29) is 18.2 Å². The Labute approximate surface area is 211 Å². The number of rotatable bonds is 16. The van der Waals surface area contributed by atoms with Crippen LogP contribution in [0.3, 0.4) is 0 Å². The third kappa shape index (κ3) is 9.32. The Morgan fingerprint density at radius 1 is 1.00 bits per heavy atom. The first-order valence-corrected chi connectivity index (χ1v) is 13.7. The summed E-state index contributed by atoms with van der Waals surface area (Å²) in [4.78, 5) is 9.81. The molecule has 2 aromatic carbocycles. The molecule has 9 heteroatoms. The Kier molecular flexibility index (Phi) is 11.6. The zero-order valence-electron chi connectivity index (χ0n) is 19.9. The van der Waals surface area contributed by atoms with Crippen LogP contribution in [-0.4, -0.2) is 31.8 Å². The number of hydrogen-bond donors (Lipinski definition) is 2. The number of halogens is 1. The minimum absolute atomic E-state index is 0.253. The van der Waals surface area contributed by atoms with E-state index in [9.17, 15) is 8.96 Å². The van der Waals surface area contributed by atoms with Gasteiger partial charge in [-0.05, 0) is 85.5 Å². The summed E-state index contributed by atoms with van der Waals surface area (Å²) in [5.74, 6) is 0.827. The summed E-state index contributed by atoms with van der Waals surface area (Å²) in [7, 11) is -1.06. The molecule has 0 aliphatic heterocycles. The molecule has 1 atom stereocenters. The van der Waals surface area contributed by atoms with Crippen molar-refractivity contribution >= 4 is 19.6 Å². The summed E-state index contributed by atoms with van der Waals surface area (Å²) in [5.41, 5.74) is 3.19. The smallest absolute Gasteiger partial charge is 0.494 e. The molecule has 3 rings (SSSR count). The molecule has 35 heavy (non-hydrogen) atoms. The molecular weight excluding hydrogens is 488 g/mol. The third-order valence-electron chi connectivity index (χ3n) is 5.44. The van der Waals surface area contributed by atoms with E-state index in [1.165, 1.54) is 7.11 Å². The normalized spacial score (nSPS) is 11.5. The van der Waals surface area contributed by atoms with Gasteiger partial charge in [-0.2, -0.15) is 0 Å². The molecule has 0 amide bonds. The predicted molar refractivity (Wildman–Crippen MR) is 138 cm³/mol. The van der Waals surface area contributed by atoms with Crippen molar-refractivity contribution in [3.05, 3.63) is 70.9 Å². The highest BCUT2D eigenvalue weighted by Gasteiger charge is 2.11. The maximum Gasteiger partial charge on any atom is 0.694 e. The number of benzene rings is 2. The zero-order valence-corrected chi connectivity index (χ0v) is 21.6. The average molecular weight is 521 g/mol. The molecule has 1 unspecified atom stereocenters. The molecule has 0 radical (unpaired) electrons. The van der Waals surface area contributed by atoms with E-state index in [2.05, 4.69) is 33.4 Å². The van der Waals surface area contributed by atoms with Crippen molar-refractivity contribution in [3.63, 3.8) is 0 Å². The fourth-order valence-corrected chi connectivity index (χ4v) is 4.70. The van der Waals surface area contributed by atoms with E-state index in [1.807, 2.05) is 18.2 Å². The van der Waals surface area contributed by atoms with Crippen molar-refractivity contribution in [2.45, 2.75) is 38.6 Å². The summed E-state index contributed by atoms with van der Waals surface area (Å²) in [6.45, 7) is 2.26. The van der Waals surface area contributed by atoms with E-state index in [1.54, 1.807) is 23.5 Å². The Hall–Kier alpha value is -2.35. The zero-order chi connectivity index (χ0) is 24.9. The molecule has 0 aliphatic rings. The highest BCUT2D eigenvalue weighted by atomic mass is 32.1. The molecular formula is C26H32FNO5PS+. The van der Waals surface area contributed by atoms with Crippen LogP contribution < -0.4 is 14.8 Å². The molecule has 0 saturated carbocycles. The molecule has 1 heterocycles. The van der Waals surface area contributed by atoms with Crippen LogP contribution in [0.4, 0.5) is 4.39 Å². The van der Waals surface area contributed by atoms with Crippen LogP contribution in [-0.2, 0) is 22.1 Å². The summed E-state index contributed by atoms with van der Waals surface area (Å²) in [5, 5.41) is 5.39. The van der Waals surface area contributed by atoms with E-state index >= 15 is 0 Å². The second-order valence-electron chi connectivity index (χ2n) is 8.04. The monoisotopic (exact) mass is 520 g/mol. The first-order valence-electron chi connectivity index (χ1n) is 11.7. The Morgan fingerprint density at radius 3 is 2.57 bits per heavy atom. The van der Waals surface area contributed by atoms with Gasteiger partial charge < -0.3 is 14.8 Å². The maximum absolute atomic E-state index is 13.8. The highest BCUT2D eigenvalue weighted by molar-refractivity contribution is 7.32. The second kappa shape index (κ2) is 14.9. The first-order chi connectivity index (χ1) is 17.1. The molecule has 188 valence electrons. The fraction of sp³-hybridized carbons (Fsp3) is 0.385. The average Bonchev–Trinajstić information content (AvgIpc) is 3.39. The van der Waals surface area contributed by atoms with Crippen LogP contribution in [0.2, 0.25) is 0 Å². The molecule has 0 fully saturated rings. The standard InChI is InChI=1S/C26H31FNO5PS/c1-31-25-12-9-20(18-23(25)27)7-3-2-4-14-32-24-11-10-21(17-22(24)26-8-5-16-35-26)19-28-13-6-15-33-34(29)30/h5,8-12,16-18,28H,2-4,6-7,13-15,19H2,1H3/p+1. The number of nitrogens with one attached hydrogen (secondary N) is 1. The van der Waals surface area contributed by atoms with E-state index in [4.69, 9.17) is 14.4 Å². The van der Waals surface area contributed by atoms with Crippen molar-refractivity contribution in [1.29, 1.82) is 0 Å². The topological polar surface area (TPSA) is 77.0 Å². The minimum atomic E-state index is -2.53. The van der Waals surface area contributed by atoms with Crippen LogP contribution in [0, 0.1) is 5.82 Å². The quantitative estimate of drug-likeness (QED) is 0.166. The van der Waals surface area contributed by atoms with Gasteiger partial charge in [-0.3, -0.25) is 0 Å². The van der Waals surface area contributed by atoms with Crippen molar-refractivity contribution in [2.24, 2.45) is 0 Å². The van der Waals surface area contributed by atoms with Crippen molar-refractivity contribution < 1.29 is 27.8 Å². The molecule has 2 N–H and O–H groups in total. The summed E-state index contributed by atoms with van der Waals surface area (Å²) in [6.07, 6.45) is 4.38. The SMILES string of the molecule is COc1ccc(CCCCCOc2ccc(CNCCCO[P+](=O)O)cc2-c2cccs2)cc1F. The van der Waals surface area contributed by atoms with Gasteiger partial charge >= 0.3 is 8.25 Å². The van der Waals surface area contributed by atoms with Gasteiger partial charge in [0.1, 0.15) is 12.4 Å². The number of aryl methyl sites for hydroxylation is 1. The molecule has 0 aliphatic carbocycles. The molecule has 3 aromatic rings. The van der Waals surface area contributed by atoms with Crippen molar-refractivity contribution in [1.82, 2.24) is 5.32 Å². The third-order valence-corrected chi connectivity index (χ3v) is 6.75. The van der Waals surface area contributed by atoms with Gasteiger partial charge in [-0.1, -0.05) is 18.2 Å². The van der Waals surface area contributed by atoms with Crippen LogP contribution in [0.25, 0.3) is 10.4 Å².